The summed E-state index contributed by atoms with van der Waals surface area (Å²) in [6.07, 6.45) is 1.10. The van der Waals surface area contributed by atoms with Gasteiger partial charge in [0.1, 0.15) is 11.9 Å². The van der Waals surface area contributed by atoms with Gasteiger partial charge in [-0.2, -0.15) is 0 Å². The van der Waals surface area contributed by atoms with E-state index >= 15 is 0 Å². The number of nitrogens with one attached hydrogen (secondary N) is 1. The first-order valence-electron chi connectivity index (χ1n) is 9.74. The van der Waals surface area contributed by atoms with Crippen LogP contribution in [0.2, 0.25) is 0 Å². The standard InChI is InChI=1S/C22H25N3O5/c1-29-18-9-7-17(8-10-18)25(12-11-20(23)26)22(28)15-4-2-5-16(14-15)24-21(27)19-6-3-13-30-19/h2,4-5,7-10,14,19H,3,6,11-13H2,1H3,(H2,23,26)(H,24,27)/t19-/m1/s1. The van der Waals surface area contributed by atoms with Gasteiger partial charge in [-0.1, -0.05) is 6.07 Å². The van der Waals surface area contributed by atoms with E-state index in [4.69, 9.17) is 15.2 Å². The van der Waals surface area contributed by atoms with Gasteiger partial charge in [0.25, 0.3) is 11.8 Å². The smallest absolute Gasteiger partial charge is 0.258 e. The molecular formula is C22H25N3O5. The van der Waals surface area contributed by atoms with Gasteiger partial charge in [0.15, 0.2) is 0 Å². The van der Waals surface area contributed by atoms with Crippen molar-refractivity contribution in [3.05, 3.63) is 54.1 Å². The number of ether oxygens (including phenoxy) is 2. The second kappa shape index (κ2) is 9.89. The molecule has 1 saturated heterocycles. The van der Waals surface area contributed by atoms with E-state index in [0.717, 1.165) is 6.42 Å². The SMILES string of the molecule is COc1ccc(N(CCC(N)=O)C(=O)c2cccc(NC(=O)[C@H]3CCCO3)c2)cc1. The van der Waals surface area contributed by atoms with Gasteiger partial charge in [0, 0.05) is 36.5 Å². The number of amides is 3. The Kier molecular flexibility index (Phi) is 7.03. The highest BCUT2D eigenvalue weighted by molar-refractivity contribution is 6.07. The second-order valence-electron chi connectivity index (χ2n) is 6.94. The number of anilines is 2. The molecular weight excluding hydrogens is 386 g/mol. The van der Waals surface area contributed by atoms with Crippen LogP contribution in [0.4, 0.5) is 11.4 Å². The number of hydrogen-bond acceptors (Lipinski definition) is 5. The molecule has 8 nitrogen and oxygen atoms in total. The summed E-state index contributed by atoms with van der Waals surface area (Å²) in [5.74, 6) is -0.383. The topological polar surface area (TPSA) is 111 Å². The molecule has 1 atom stereocenters. The van der Waals surface area contributed by atoms with Crippen molar-refractivity contribution in [2.45, 2.75) is 25.4 Å². The van der Waals surface area contributed by atoms with Gasteiger partial charge in [-0.05, 0) is 55.3 Å². The average molecular weight is 411 g/mol. The summed E-state index contributed by atoms with van der Waals surface area (Å²) >= 11 is 0. The second-order valence-corrected chi connectivity index (χ2v) is 6.94. The first-order chi connectivity index (χ1) is 14.5. The first kappa shape index (κ1) is 21.3. The zero-order valence-corrected chi connectivity index (χ0v) is 16.8. The number of benzene rings is 2. The summed E-state index contributed by atoms with van der Waals surface area (Å²) in [7, 11) is 1.56. The van der Waals surface area contributed by atoms with Crippen LogP contribution < -0.4 is 20.7 Å². The lowest BCUT2D eigenvalue weighted by atomic mass is 10.1. The van der Waals surface area contributed by atoms with Crippen molar-refractivity contribution in [2.75, 3.05) is 30.5 Å². The molecule has 3 amide bonds. The lowest BCUT2D eigenvalue weighted by molar-refractivity contribution is -0.124. The number of nitrogens with zero attached hydrogens (tertiary/aromatic N) is 1. The largest absolute Gasteiger partial charge is 0.497 e. The van der Waals surface area contributed by atoms with E-state index in [-0.39, 0.29) is 24.8 Å². The summed E-state index contributed by atoms with van der Waals surface area (Å²) in [5.41, 5.74) is 6.77. The molecule has 0 aliphatic carbocycles. The van der Waals surface area contributed by atoms with Crippen molar-refractivity contribution in [3.8, 4) is 5.75 Å². The monoisotopic (exact) mass is 411 g/mol. The van der Waals surface area contributed by atoms with E-state index in [9.17, 15) is 14.4 Å². The third-order valence-electron chi connectivity index (χ3n) is 4.81. The molecule has 1 heterocycles. The van der Waals surface area contributed by atoms with Crippen molar-refractivity contribution in [1.82, 2.24) is 0 Å². The molecule has 1 aliphatic heterocycles. The van der Waals surface area contributed by atoms with Gasteiger partial charge >= 0.3 is 0 Å². The number of carbonyl (C=O) groups is 3. The number of hydrogen-bond donors (Lipinski definition) is 2. The summed E-state index contributed by atoms with van der Waals surface area (Å²) in [6.45, 7) is 0.709. The molecule has 1 fully saturated rings. The zero-order chi connectivity index (χ0) is 21.5. The summed E-state index contributed by atoms with van der Waals surface area (Å²) in [6, 6.07) is 13.6. The molecule has 2 aromatic rings. The molecule has 0 spiro atoms. The molecule has 0 bridgehead atoms. The molecule has 3 N–H and O–H groups in total. The number of primary amides is 1. The Hall–Kier alpha value is -3.39. The summed E-state index contributed by atoms with van der Waals surface area (Å²) in [4.78, 5) is 38.3. The van der Waals surface area contributed by atoms with E-state index in [1.165, 1.54) is 4.90 Å². The van der Waals surface area contributed by atoms with E-state index in [2.05, 4.69) is 5.32 Å². The Bertz CT molecular complexity index is 907. The van der Waals surface area contributed by atoms with Crippen LogP contribution in [0.15, 0.2) is 48.5 Å². The van der Waals surface area contributed by atoms with Gasteiger partial charge in [-0.25, -0.2) is 0 Å². The third kappa shape index (κ3) is 5.36. The minimum absolute atomic E-state index is 0.0210. The zero-order valence-electron chi connectivity index (χ0n) is 16.8. The molecule has 3 rings (SSSR count). The van der Waals surface area contributed by atoms with Crippen molar-refractivity contribution in [3.63, 3.8) is 0 Å². The van der Waals surface area contributed by atoms with Crippen LogP contribution in [-0.4, -0.2) is 44.1 Å². The van der Waals surface area contributed by atoms with Gasteiger partial charge in [-0.3, -0.25) is 14.4 Å². The normalized spacial score (nSPS) is 15.4. The minimum atomic E-state index is -0.501. The van der Waals surface area contributed by atoms with Gasteiger partial charge in [0.2, 0.25) is 5.91 Å². The molecule has 1 aliphatic rings. The predicted molar refractivity (Wildman–Crippen MR) is 113 cm³/mol. The number of rotatable bonds is 8. The van der Waals surface area contributed by atoms with Crippen LogP contribution in [0.5, 0.6) is 5.75 Å². The summed E-state index contributed by atoms with van der Waals surface area (Å²) in [5, 5.41) is 2.80. The Morgan fingerprint density at radius 3 is 2.60 bits per heavy atom. The Labute approximate surface area is 174 Å². The quantitative estimate of drug-likeness (QED) is 0.693. The molecule has 2 aromatic carbocycles. The Balaban J connectivity index is 1.80. The predicted octanol–water partition coefficient (Wildman–Crippen LogP) is 2.33. The molecule has 0 aromatic heterocycles. The van der Waals surface area contributed by atoms with Crippen LogP contribution in [0.1, 0.15) is 29.6 Å². The highest BCUT2D eigenvalue weighted by atomic mass is 16.5. The maximum absolute atomic E-state index is 13.2. The van der Waals surface area contributed by atoms with Crippen LogP contribution >= 0.6 is 0 Å². The van der Waals surface area contributed by atoms with Gasteiger partial charge < -0.3 is 25.4 Å². The van der Waals surface area contributed by atoms with Crippen LogP contribution in [-0.2, 0) is 14.3 Å². The van der Waals surface area contributed by atoms with Crippen molar-refractivity contribution in [2.24, 2.45) is 5.73 Å². The molecule has 0 radical (unpaired) electrons. The maximum atomic E-state index is 13.2. The van der Waals surface area contributed by atoms with Crippen LogP contribution in [0.3, 0.4) is 0 Å². The van der Waals surface area contributed by atoms with Crippen molar-refractivity contribution in [1.29, 1.82) is 0 Å². The molecule has 8 heteroatoms. The fraction of sp³-hybridized carbons (Fsp3) is 0.318. The minimum Gasteiger partial charge on any atom is -0.497 e. The highest BCUT2D eigenvalue weighted by Gasteiger charge is 2.24. The maximum Gasteiger partial charge on any atom is 0.258 e. The average Bonchev–Trinajstić information content (AvgIpc) is 3.29. The van der Waals surface area contributed by atoms with Gasteiger partial charge in [0.05, 0.1) is 7.11 Å². The molecule has 158 valence electrons. The van der Waals surface area contributed by atoms with Gasteiger partial charge in [-0.15, -0.1) is 0 Å². The highest BCUT2D eigenvalue weighted by Crippen LogP contribution is 2.23. The fourth-order valence-electron chi connectivity index (χ4n) is 3.23. The van der Waals surface area contributed by atoms with Crippen LogP contribution in [0, 0.1) is 0 Å². The fourth-order valence-corrected chi connectivity index (χ4v) is 3.23. The molecule has 0 unspecified atom stereocenters. The number of nitrogens with two attached hydrogens (primary N) is 1. The molecule has 30 heavy (non-hydrogen) atoms. The molecule has 0 saturated carbocycles. The van der Waals surface area contributed by atoms with E-state index in [0.29, 0.717) is 35.7 Å². The number of carbonyl (C=O) groups excluding carboxylic acids is 3. The van der Waals surface area contributed by atoms with Crippen molar-refractivity contribution < 1.29 is 23.9 Å². The lowest BCUT2D eigenvalue weighted by Gasteiger charge is -2.23. The first-order valence-corrected chi connectivity index (χ1v) is 9.74. The Morgan fingerprint density at radius 2 is 1.97 bits per heavy atom. The van der Waals surface area contributed by atoms with E-state index in [1.807, 2.05) is 0 Å². The number of methoxy groups -OCH3 is 1. The summed E-state index contributed by atoms with van der Waals surface area (Å²) < 4.78 is 10.6. The lowest BCUT2D eigenvalue weighted by Crippen LogP contribution is -2.34. The van der Waals surface area contributed by atoms with E-state index in [1.54, 1.807) is 55.6 Å². The Morgan fingerprint density at radius 1 is 1.20 bits per heavy atom. The van der Waals surface area contributed by atoms with Crippen LogP contribution in [0.25, 0.3) is 0 Å². The van der Waals surface area contributed by atoms with Crippen molar-refractivity contribution >= 4 is 29.1 Å². The third-order valence-corrected chi connectivity index (χ3v) is 4.81. The van der Waals surface area contributed by atoms with E-state index < -0.39 is 12.0 Å².